The van der Waals surface area contributed by atoms with Crippen LogP contribution in [0.25, 0.3) is 0 Å². The lowest BCUT2D eigenvalue weighted by molar-refractivity contribution is -0.244. The van der Waals surface area contributed by atoms with Crippen LogP contribution in [0, 0.1) is 0 Å². The van der Waals surface area contributed by atoms with Gasteiger partial charge < -0.3 is 30.1 Å². The van der Waals surface area contributed by atoms with E-state index in [1.54, 1.807) is 0 Å². The quantitative estimate of drug-likeness (QED) is 0.367. The molecule has 122 valence electrons. The van der Waals surface area contributed by atoms with Crippen molar-refractivity contribution in [3.8, 4) is 0 Å². The number of aliphatic hydroxyl groups excluding tert-OH is 3. The molecule has 1 aliphatic rings. The Morgan fingerprint density at radius 1 is 1.29 bits per heavy atom. The lowest BCUT2D eigenvalue weighted by atomic mass is 9.98. The second kappa shape index (κ2) is 7.28. The summed E-state index contributed by atoms with van der Waals surface area (Å²) in [5, 5.41) is 30.8. The SMILES string of the molecule is CC(=O)O[C@@H]1[C@@H](O)[C@@H](O)[C@@H](CO)O[C@@H]1NC(=O)C(Cl)(Cl)Cl. The molecular weight excluding hydrogens is 352 g/mol. The smallest absolute Gasteiger partial charge is 0.303 e. The van der Waals surface area contributed by atoms with E-state index in [4.69, 9.17) is 49.4 Å². The van der Waals surface area contributed by atoms with E-state index in [9.17, 15) is 19.8 Å². The van der Waals surface area contributed by atoms with Crippen LogP contribution < -0.4 is 5.32 Å². The molecule has 11 heteroatoms. The van der Waals surface area contributed by atoms with Gasteiger partial charge in [0.15, 0.2) is 12.3 Å². The van der Waals surface area contributed by atoms with Crippen LogP contribution in [0.3, 0.4) is 0 Å². The molecule has 0 unspecified atom stereocenters. The fourth-order valence-electron chi connectivity index (χ4n) is 1.74. The summed E-state index contributed by atoms with van der Waals surface area (Å²) in [5.41, 5.74) is 0. The number of amides is 1. The molecule has 1 aliphatic heterocycles. The molecule has 1 fully saturated rings. The zero-order valence-corrected chi connectivity index (χ0v) is 13.0. The zero-order chi connectivity index (χ0) is 16.4. The largest absolute Gasteiger partial charge is 0.455 e. The van der Waals surface area contributed by atoms with Crippen LogP contribution in [0.5, 0.6) is 0 Å². The summed E-state index contributed by atoms with van der Waals surface area (Å²) in [7, 11) is 0. The van der Waals surface area contributed by atoms with E-state index in [2.05, 4.69) is 5.32 Å². The van der Waals surface area contributed by atoms with Gasteiger partial charge in [-0.2, -0.15) is 0 Å². The lowest BCUT2D eigenvalue weighted by Gasteiger charge is -2.41. The molecule has 0 aliphatic carbocycles. The first-order valence-corrected chi connectivity index (χ1v) is 6.88. The number of nitrogens with one attached hydrogen (secondary N) is 1. The Morgan fingerprint density at radius 3 is 2.29 bits per heavy atom. The maximum atomic E-state index is 11.6. The molecule has 1 heterocycles. The number of halogens is 3. The molecule has 1 saturated heterocycles. The molecule has 1 rings (SSSR count). The monoisotopic (exact) mass is 365 g/mol. The van der Waals surface area contributed by atoms with Gasteiger partial charge in [0, 0.05) is 6.92 Å². The molecule has 0 aromatic carbocycles. The van der Waals surface area contributed by atoms with Gasteiger partial charge in [-0.1, -0.05) is 34.8 Å². The molecular formula is C10H14Cl3NO7. The average Bonchev–Trinajstić information content (AvgIpc) is 2.36. The van der Waals surface area contributed by atoms with Crippen LogP contribution in [0.1, 0.15) is 6.92 Å². The molecule has 0 saturated carbocycles. The number of aliphatic hydroxyl groups is 3. The average molecular weight is 367 g/mol. The van der Waals surface area contributed by atoms with Crippen molar-refractivity contribution < 1.29 is 34.4 Å². The Morgan fingerprint density at radius 2 is 1.86 bits per heavy atom. The number of ether oxygens (including phenoxy) is 2. The van der Waals surface area contributed by atoms with Gasteiger partial charge in [0.2, 0.25) is 0 Å². The number of esters is 1. The molecule has 0 bridgehead atoms. The van der Waals surface area contributed by atoms with Gasteiger partial charge in [-0.3, -0.25) is 9.59 Å². The van der Waals surface area contributed by atoms with E-state index in [1.165, 1.54) is 0 Å². The van der Waals surface area contributed by atoms with Crippen LogP contribution >= 0.6 is 34.8 Å². The molecule has 21 heavy (non-hydrogen) atoms. The standard InChI is InChI=1S/C10H14Cl3NO7/c1-3(16)20-7-6(18)5(17)4(2-15)21-8(7)14-9(19)10(11,12)13/h4-8,15,17-18H,2H2,1H3,(H,14,19)/t4-,5+,6+,7-,8+/m1/s1. The number of alkyl halides is 3. The maximum absolute atomic E-state index is 11.6. The second-order valence-electron chi connectivity index (χ2n) is 4.30. The summed E-state index contributed by atoms with van der Waals surface area (Å²) in [6.07, 6.45) is -7.20. The third-order valence-corrected chi connectivity index (χ3v) is 3.21. The van der Waals surface area contributed by atoms with Gasteiger partial charge in [-0.15, -0.1) is 0 Å². The molecule has 0 aromatic rings. The minimum absolute atomic E-state index is 0.648. The van der Waals surface area contributed by atoms with Gasteiger partial charge in [0.25, 0.3) is 9.70 Å². The topological polar surface area (TPSA) is 125 Å². The van der Waals surface area contributed by atoms with Crippen LogP contribution in [-0.2, 0) is 19.1 Å². The first kappa shape index (κ1) is 18.7. The van der Waals surface area contributed by atoms with Gasteiger partial charge in [0.1, 0.15) is 18.3 Å². The molecule has 4 N–H and O–H groups in total. The summed E-state index contributed by atoms with van der Waals surface area (Å²) in [4.78, 5) is 22.6. The highest BCUT2D eigenvalue weighted by Gasteiger charge is 2.48. The summed E-state index contributed by atoms with van der Waals surface area (Å²) in [5.74, 6) is -1.87. The highest BCUT2D eigenvalue weighted by atomic mass is 35.6. The van der Waals surface area contributed by atoms with Crippen LogP contribution in [0.15, 0.2) is 0 Å². The Balaban J connectivity index is 2.93. The lowest BCUT2D eigenvalue weighted by Crippen LogP contribution is -2.65. The molecule has 5 atom stereocenters. The molecule has 0 spiro atoms. The normalized spacial score (nSPS) is 33.4. The van der Waals surface area contributed by atoms with E-state index in [0.29, 0.717) is 0 Å². The third kappa shape index (κ3) is 4.82. The summed E-state index contributed by atoms with van der Waals surface area (Å²) < 4.78 is 7.64. The second-order valence-corrected chi connectivity index (χ2v) is 6.59. The molecule has 0 aromatic heterocycles. The van der Waals surface area contributed by atoms with E-state index in [0.717, 1.165) is 6.92 Å². The Kier molecular flexibility index (Phi) is 6.48. The number of rotatable bonds is 3. The Hall–Kier alpha value is -0.350. The molecule has 8 nitrogen and oxygen atoms in total. The van der Waals surface area contributed by atoms with Crippen molar-refractivity contribution in [3.63, 3.8) is 0 Å². The zero-order valence-electron chi connectivity index (χ0n) is 10.7. The van der Waals surface area contributed by atoms with Crippen molar-refractivity contribution in [2.24, 2.45) is 0 Å². The summed E-state index contributed by atoms with van der Waals surface area (Å²) in [6, 6.07) is 0. The fraction of sp³-hybridized carbons (Fsp3) is 0.800. The fourth-order valence-corrected chi connectivity index (χ4v) is 1.90. The van der Waals surface area contributed by atoms with Crippen LogP contribution in [0.2, 0.25) is 0 Å². The predicted molar refractivity (Wildman–Crippen MR) is 71.7 cm³/mol. The maximum Gasteiger partial charge on any atom is 0.303 e. The van der Waals surface area contributed by atoms with E-state index >= 15 is 0 Å². The van der Waals surface area contributed by atoms with Gasteiger partial charge in [-0.25, -0.2) is 0 Å². The Bertz CT molecular complexity index is 403. The van der Waals surface area contributed by atoms with Crippen molar-refractivity contribution in [2.45, 2.75) is 41.4 Å². The Labute approximate surface area is 134 Å². The highest BCUT2D eigenvalue weighted by molar-refractivity contribution is 6.76. The van der Waals surface area contributed by atoms with Crippen LogP contribution in [0.4, 0.5) is 0 Å². The number of carbonyl (C=O) groups is 2. The van der Waals surface area contributed by atoms with E-state index in [-0.39, 0.29) is 0 Å². The van der Waals surface area contributed by atoms with E-state index in [1.807, 2.05) is 0 Å². The van der Waals surface area contributed by atoms with Gasteiger partial charge >= 0.3 is 5.97 Å². The number of hydrogen-bond acceptors (Lipinski definition) is 7. The van der Waals surface area contributed by atoms with Crippen molar-refractivity contribution in [1.29, 1.82) is 0 Å². The molecule has 0 radical (unpaired) electrons. The first-order chi connectivity index (χ1) is 9.57. The minimum atomic E-state index is -2.31. The third-order valence-electron chi connectivity index (χ3n) is 2.70. The molecule has 1 amide bonds. The summed E-state index contributed by atoms with van der Waals surface area (Å²) in [6.45, 7) is 0.413. The first-order valence-electron chi connectivity index (χ1n) is 5.75. The van der Waals surface area contributed by atoms with E-state index < -0.39 is 52.9 Å². The van der Waals surface area contributed by atoms with Crippen molar-refractivity contribution >= 4 is 46.7 Å². The number of carbonyl (C=O) groups excluding carboxylic acids is 2. The van der Waals surface area contributed by atoms with Gasteiger partial charge in [0.05, 0.1) is 6.61 Å². The summed E-state index contributed by atoms with van der Waals surface area (Å²) >= 11 is 16.2. The van der Waals surface area contributed by atoms with Crippen molar-refractivity contribution in [2.75, 3.05) is 6.61 Å². The predicted octanol–water partition coefficient (Wildman–Crippen LogP) is -1.16. The van der Waals surface area contributed by atoms with Crippen molar-refractivity contribution in [3.05, 3.63) is 0 Å². The van der Waals surface area contributed by atoms with Crippen LogP contribution in [-0.4, -0.2) is 68.2 Å². The minimum Gasteiger partial charge on any atom is -0.455 e. The van der Waals surface area contributed by atoms with Crippen molar-refractivity contribution in [1.82, 2.24) is 5.32 Å². The van der Waals surface area contributed by atoms with Gasteiger partial charge in [-0.05, 0) is 0 Å². The highest BCUT2D eigenvalue weighted by Crippen LogP contribution is 2.28. The number of hydrogen-bond donors (Lipinski definition) is 4.